The lowest BCUT2D eigenvalue weighted by Crippen LogP contribution is -2.26. The number of fused-ring (bicyclic) bond motifs is 3. The lowest BCUT2D eigenvalue weighted by molar-refractivity contribution is 0.796. The summed E-state index contributed by atoms with van der Waals surface area (Å²) in [6.45, 7) is 17.5. The molecule has 9 aromatic carbocycles. The van der Waals surface area contributed by atoms with Crippen LogP contribution in [0.5, 0.6) is 0 Å². The van der Waals surface area contributed by atoms with Gasteiger partial charge >= 0.3 is 0 Å². The Labute approximate surface area is 321 Å². The lowest BCUT2D eigenvalue weighted by Gasteiger charge is -2.19. The maximum absolute atomic E-state index is 15.5. The maximum Gasteiger partial charge on any atom is 0.266 e. The van der Waals surface area contributed by atoms with E-state index in [0.29, 0.717) is 22.6 Å². The van der Waals surface area contributed by atoms with Gasteiger partial charge in [0, 0.05) is 0 Å². The van der Waals surface area contributed by atoms with E-state index in [9.17, 15) is 0 Å². The molecule has 10 aromatic rings. The summed E-state index contributed by atoms with van der Waals surface area (Å²) in [5.74, 6) is 0.836. The molecule has 55 heavy (non-hydrogen) atoms. The molecule has 1 heterocycles. The Bertz CT molecular complexity index is 3040. The summed E-state index contributed by atoms with van der Waals surface area (Å²) in [4.78, 5) is 31.0. The van der Waals surface area contributed by atoms with Gasteiger partial charge in [-0.05, 0) is 134 Å². The van der Waals surface area contributed by atoms with Crippen LogP contribution in [0.15, 0.2) is 113 Å². The van der Waals surface area contributed by atoms with Gasteiger partial charge in [0.1, 0.15) is 0 Å². The van der Waals surface area contributed by atoms with E-state index in [1.165, 1.54) is 54.6 Å². The summed E-state index contributed by atoms with van der Waals surface area (Å²) >= 11 is 0. The molecule has 0 unspecified atom stereocenters. The average molecular weight is 716 g/mol. The molecular formula is C52H45NO2. The standard InChI is InChI=1S/C52H45NO2/c1-26(2)31-14-9-11-16-35(31)39-24-41-46-44-37(39)22-20-30-21-23-38-40(36-17-12-10-15-32(36)27(3)4)25-42(47(46)45(38)43(30)44)49-48(41)51(54)53(52(49)55)50-33(28(5)6)18-13-19-34(50)29(7)8/h9-29H,1-8H3. The third-order valence-electron chi connectivity index (χ3n) is 12.6. The minimum absolute atomic E-state index is 0.118. The molecule has 0 bridgehead atoms. The Morgan fingerprint density at radius 3 is 1.16 bits per heavy atom. The van der Waals surface area contributed by atoms with Gasteiger partial charge in [0.15, 0.2) is 0 Å². The Hall–Kier alpha value is -5.80. The quantitative estimate of drug-likeness (QED) is 0.154. The zero-order valence-electron chi connectivity index (χ0n) is 32.9. The SMILES string of the molecule is CC(C)c1ccccc1-c1cc2c3c(=O)n(-c4c(C(C)C)cccc4C(C)C)c(=O)c3c3cc(-c4ccccc4C(C)C)c4ccc5ccc1c1c5c4c3c21. The largest absolute Gasteiger partial charge is 0.268 e. The summed E-state index contributed by atoms with van der Waals surface area (Å²) in [6, 6.07) is 37.2. The zero-order chi connectivity index (χ0) is 38.2. The first-order chi connectivity index (χ1) is 26.5. The van der Waals surface area contributed by atoms with E-state index in [-0.39, 0.29) is 23.0 Å². The van der Waals surface area contributed by atoms with Crippen molar-refractivity contribution in [3.05, 3.63) is 146 Å². The van der Waals surface area contributed by atoms with Gasteiger partial charge < -0.3 is 0 Å². The first kappa shape index (κ1) is 33.7. The fraction of sp³-hybridized carbons (Fsp3) is 0.231. The van der Waals surface area contributed by atoms with Crippen molar-refractivity contribution in [2.75, 3.05) is 0 Å². The molecule has 0 fully saturated rings. The molecule has 0 amide bonds. The van der Waals surface area contributed by atoms with Crippen molar-refractivity contribution in [3.63, 3.8) is 0 Å². The van der Waals surface area contributed by atoms with Crippen LogP contribution < -0.4 is 11.1 Å². The fourth-order valence-corrected chi connectivity index (χ4v) is 10.1. The molecule has 0 saturated heterocycles. The van der Waals surface area contributed by atoms with Crippen LogP contribution in [0.25, 0.3) is 92.6 Å². The van der Waals surface area contributed by atoms with Crippen LogP contribution in [-0.4, -0.2) is 4.57 Å². The van der Waals surface area contributed by atoms with Crippen molar-refractivity contribution < 1.29 is 0 Å². The number of rotatable bonds is 7. The predicted octanol–water partition coefficient (Wildman–Crippen LogP) is 13.7. The molecule has 0 aliphatic carbocycles. The van der Waals surface area contributed by atoms with Gasteiger partial charge in [-0.2, -0.15) is 0 Å². The monoisotopic (exact) mass is 715 g/mol. The molecule has 3 nitrogen and oxygen atoms in total. The molecule has 0 aliphatic rings. The van der Waals surface area contributed by atoms with Crippen molar-refractivity contribution in [1.29, 1.82) is 0 Å². The molecule has 270 valence electrons. The molecule has 0 atom stereocenters. The van der Waals surface area contributed by atoms with Crippen LogP contribution in [0, 0.1) is 0 Å². The minimum Gasteiger partial charge on any atom is -0.268 e. The minimum atomic E-state index is -0.230. The van der Waals surface area contributed by atoms with E-state index in [1.807, 2.05) is 0 Å². The second kappa shape index (κ2) is 11.8. The van der Waals surface area contributed by atoms with Gasteiger partial charge in [-0.25, -0.2) is 4.57 Å². The van der Waals surface area contributed by atoms with Crippen molar-refractivity contribution in [2.45, 2.75) is 79.1 Å². The molecule has 0 radical (unpaired) electrons. The number of nitrogens with zero attached hydrogens (tertiary/aromatic N) is 1. The fourth-order valence-electron chi connectivity index (χ4n) is 10.1. The van der Waals surface area contributed by atoms with Crippen molar-refractivity contribution in [3.8, 4) is 27.9 Å². The van der Waals surface area contributed by atoms with Gasteiger partial charge in [0.2, 0.25) is 0 Å². The van der Waals surface area contributed by atoms with Crippen LogP contribution in [-0.2, 0) is 0 Å². The van der Waals surface area contributed by atoms with Crippen LogP contribution in [0.3, 0.4) is 0 Å². The van der Waals surface area contributed by atoms with Crippen molar-refractivity contribution in [2.24, 2.45) is 0 Å². The number of benzene rings is 8. The topological polar surface area (TPSA) is 39.1 Å². The number of aromatic nitrogens is 1. The Morgan fingerprint density at radius 1 is 0.364 bits per heavy atom. The molecule has 10 rings (SSSR count). The molecule has 1 aromatic heterocycles. The Balaban J connectivity index is 1.51. The smallest absolute Gasteiger partial charge is 0.266 e. The highest BCUT2D eigenvalue weighted by Crippen LogP contribution is 2.54. The van der Waals surface area contributed by atoms with E-state index in [2.05, 4.69) is 159 Å². The van der Waals surface area contributed by atoms with Crippen LogP contribution >= 0.6 is 0 Å². The second-order valence-corrected chi connectivity index (χ2v) is 17.0. The summed E-state index contributed by atoms with van der Waals surface area (Å²) in [6.07, 6.45) is 0. The highest BCUT2D eigenvalue weighted by molar-refractivity contribution is 6.50. The Kier molecular flexibility index (Phi) is 7.27. The molecule has 0 spiro atoms. The van der Waals surface area contributed by atoms with Crippen molar-refractivity contribution in [1.82, 2.24) is 4.57 Å². The molecular weight excluding hydrogens is 671 g/mol. The molecule has 3 heteroatoms. The molecule has 0 N–H and O–H groups in total. The van der Waals surface area contributed by atoms with Gasteiger partial charge in [-0.1, -0.05) is 146 Å². The highest BCUT2D eigenvalue weighted by Gasteiger charge is 2.31. The first-order valence-corrected chi connectivity index (χ1v) is 20.0. The van der Waals surface area contributed by atoms with E-state index in [0.717, 1.165) is 49.5 Å². The molecule has 0 aliphatic heterocycles. The number of hydrogen-bond donors (Lipinski definition) is 0. The zero-order valence-corrected chi connectivity index (χ0v) is 32.9. The lowest BCUT2D eigenvalue weighted by atomic mass is 9.86. The maximum atomic E-state index is 15.5. The average Bonchev–Trinajstić information content (AvgIpc) is 3.67. The van der Waals surface area contributed by atoms with Gasteiger partial charge in [0.05, 0.1) is 16.5 Å². The third kappa shape index (κ3) is 4.44. The van der Waals surface area contributed by atoms with Gasteiger partial charge in [-0.15, -0.1) is 0 Å². The van der Waals surface area contributed by atoms with E-state index >= 15 is 9.59 Å². The highest BCUT2D eigenvalue weighted by atomic mass is 16.2. The normalized spacial score (nSPS) is 12.8. The summed E-state index contributed by atoms with van der Waals surface area (Å²) in [5, 5.41) is 12.1. The van der Waals surface area contributed by atoms with Crippen molar-refractivity contribution >= 4 is 64.6 Å². The van der Waals surface area contributed by atoms with Crippen LogP contribution in [0.1, 0.15) is 101 Å². The van der Waals surface area contributed by atoms with Crippen LogP contribution in [0.2, 0.25) is 0 Å². The van der Waals surface area contributed by atoms with E-state index in [4.69, 9.17) is 0 Å². The molecule has 0 saturated carbocycles. The second-order valence-electron chi connectivity index (χ2n) is 17.0. The van der Waals surface area contributed by atoms with E-state index in [1.54, 1.807) is 4.57 Å². The summed E-state index contributed by atoms with van der Waals surface area (Å²) < 4.78 is 1.54. The number of hydrogen-bond acceptors (Lipinski definition) is 2. The van der Waals surface area contributed by atoms with E-state index < -0.39 is 0 Å². The number of para-hydroxylation sites is 1. The summed E-state index contributed by atoms with van der Waals surface area (Å²) in [7, 11) is 0. The van der Waals surface area contributed by atoms with Crippen LogP contribution in [0.4, 0.5) is 0 Å². The summed E-state index contributed by atoms with van der Waals surface area (Å²) in [5.41, 5.74) is 9.39. The Morgan fingerprint density at radius 2 is 0.745 bits per heavy atom. The van der Waals surface area contributed by atoms with Gasteiger partial charge in [-0.3, -0.25) is 9.59 Å². The predicted molar refractivity (Wildman–Crippen MR) is 235 cm³/mol. The van der Waals surface area contributed by atoms with Gasteiger partial charge in [0.25, 0.3) is 11.1 Å². The first-order valence-electron chi connectivity index (χ1n) is 20.0. The third-order valence-corrected chi connectivity index (χ3v) is 12.6.